The topological polar surface area (TPSA) is 40.5 Å². The third kappa shape index (κ3) is 1.56. The van der Waals surface area contributed by atoms with Crippen molar-refractivity contribution in [3.05, 3.63) is 35.9 Å². The van der Waals surface area contributed by atoms with Crippen LogP contribution in [0.4, 0.5) is 0 Å². The fourth-order valence-corrected chi connectivity index (χ4v) is 0.736. The fourth-order valence-electron chi connectivity index (χ4n) is 0.736. The van der Waals surface area contributed by atoms with Gasteiger partial charge in [-0.1, -0.05) is 30.3 Å². The number of aliphatic hydroxyl groups is 2. The highest BCUT2D eigenvalue weighted by Gasteiger charge is 2.02. The van der Waals surface area contributed by atoms with Gasteiger partial charge in [0.1, 0.15) is 6.10 Å². The van der Waals surface area contributed by atoms with Gasteiger partial charge in [0.2, 0.25) is 0 Å². The van der Waals surface area contributed by atoms with E-state index < -0.39 is 12.7 Å². The van der Waals surface area contributed by atoms with Gasteiger partial charge in [-0.05, 0) is 5.56 Å². The van der Waals surface area contributed by atoms with E-state index in [4.69, 9.17) is 11.6 Å². The molecule has 0 bridgehead atoms. The lowest BCUT2D eigenvalue weighted by Crippen LogP contribution is -2.01. The summed E-state index contributed by atoms with van der Waals surface area (Å²) in [4.78, 5) is 0. The summed E-state index contributed by atoms with van der Waals surface area (Å²) in [7, 11) is 0. The number of benzene rings is 1. The number of hydrogen-bond donors (Lipinski definition) is 2. The number of hydrogen-bond acceptors (Lipinski definition) is 2. The van der Waals surface area contributed by atoms with Crippen LogP contribution >= 0.6 is 0 Å². The zero-order valence-electron chi connectivity index (χ0n) is 6.44. The molecule has 2 nitrogen and oxygen atoms in total. The zero-order chi connectivity index (χ0) is 8.27. The van der Waals surface area contributed by atoms with Crippen LogP contribution in [0.15, 0.2) is 30.3 Å². The second-order valence-electron chi connectivity index (χ2n) is 2.00. The smallest absolute Gasteiger partial charge is 0.102 e. The first-order chi connectivity index (χ1) is 5.22. The lowest BCUT2D eigenvalue weighted by molar-refractivity contribution is 0.0956. The maximum Gasteiger partial charge on any atom is 0.102 e. The van der Waals surface area contributed by atoms with E-state index in [1.54, 1.807) is 24.3 Å². The molecule has 0 aliphatic heterocycles. The van der Waals surface area contributed by atoms with Gasteiger partial charge >= 0.3 is 0 Å². The number of aliphatic hydroxyl groups excluding tert-OH is 2. The predicted octanol–water partition coefficient (Wildman–Crippen LogP) is 0.712. The lowest BCUT2D eigenvalue weighted by atomic mass is 10.1. The Kier molecular flexibility index (Phi) is 1.97. The standard InChI is InChI=1S/C8H10O2/c9-6-8(10)7-4-2-1-3-5-7/h1-5,8-10H,6H2/t8-/m0/s1/i6D/t6-,8-. The molecule has 0 saturated carbocycles. The van der Waals surface area contributed by atoms with Crippen LogP contribution in [0, 0.1) is 0 Å². The van der Waals surface area contributed by atoms with E-state index in [1.165, 1.54) is 0 Å². The highest BCUT2D eigenvalue weighted by Crippen LogP contribution is 2.09. The molecular weight excluding hydrogens is 128 g/mol. The summed E-state index contributed by atoms with van der Waals surface area (Å²) in [6.45, 7) is -1.46. The van der Waals surface area contributed by atoms with E-state index in [-0.39, 0.29) is 0 Å². The van der Waals surface area contributed by atoms with E-state index in [0.717, 1.165) is 0 Å². The highest BCUT2D eigenvalue weighted by atomic mass is 16.3. The van der Waals surface area contributed by atoms with Crippen LogP contribution in [-0.2, 0) is 0 Å². The summed E-state index contributed by atoms with van der Waals surface area (Å²) in [5, 5.41) is 17.9. The van der Waals surface area contributed by atoms with E-state index in [0.29, 0.717) is 5.56 Å². The molecule has 0 aliphatic rings. The van der Waals surface area contributed by atoms with Gasteiger partial charge in [0, 0.05) is 0 Å². The van der Waals surface area contributed by atoms with E-state index >= 15 is 0 Å². The molecule has 2 heteroatoms. The Morgan fingerprint density at radius 3 is 2.50 bits per heavy atom. The van der Waals surface area contributed by atoms with E-state index in [9.17, 15) is 0 Å². The maximum atomic E-state index is 9.16. The van der Waals surface area contributed by atoms with Gasteiger partial charge in [0.25, 0.3) is 0 Å². The largest absolute Gasteiger partial charge is 0.393 e. The molecule has 2 atom stereocenters. The van der Waals surface area contributed by atoms with Crippen molar-refractivity contribution in [3.63, 3.8) is 0 Å². The van der Waals surface area contributed by atoms with Crippen molar-refractivity contribution in [1.82, 2.24) is 0 Å². The average molecular weight is 139 g/mol. The minimum atomic E-state index is -1.46. The Morgan fingerprint density at radius 2 is 2.00 bits per heavy atom. The van der Waals surface area contributed by atoms with Crippen LogP contribution in [-0.4, -0.2) is 16.8 Å². The van der Waals surface area contributed by atoms with Crippen molar-refractivity contribution in [2.75, 3.05) is 6.58 Å². The minimum absolute atomic E-state index is 0.565. The molecular formula is C8H10O2. The molecule has 0 aromatic heterocycles. The second-order valence-corrected chi connectivity index (χ2v) is 2.00. The highest BCUT2D eigenvalue weighted by molar-refractivity contribution is 5.16. The van der Waals surface area contributed by atoms with E-state index in [2.05, 4.69) is 0 Å². The molecule has 10 heavy (non-hydrogen) atoms. The molecule has 0 amide bonds. The minimum Gasteiger partial charge on any atom is -0.393 e. The van der Waals surface area contributed by atoms with Crippen LogP contribution in [0.3, 0.4) is 0 Å². The summed E-state index contributed by atoms with van der Waals surface area (Å²) in [5.41, 5.74) is 0.565. The average Bonchev–Trinajstić information content (AvgIpc) is 2.05. The summed E-state index contributed by atoms with van der Waals surface area (Å²) in [6, 6.07) is 8.65. The molecule has 1 aromatic carbocycles. The molecule has 1 aromatic rings. The van der Waals surface area contributed by atoms with Crippen LogP contribution < -0.4 is 0 Å². The molecule has 0 saturated heterocycles. The molecule has 0 unspecified atom stereocenters. The van der Waals surface area contributed by atoms with Gasteiger partial charge in [-0.25, -0.2) is 0 Å². The first kappa shape index (κ1) is 5.89. The maximum absolute atomic E-state index is 9.16. The zero-order valence-corrected chi connectivity index (χ0v) is 5.44. The Hall–Kier alpha value is -0.860. The third-order valence-electron chi connectivity index (χ3n) is 1.28. The summed E-state index contributed by atoms with van der Waals surface area (Å²) in [6.07, 6.45) is -1.10. The van der Waals surface area contributed by atoms with Crippen molar-refractivity contribution in [3.8, 4) is 0 Å². The van der Waals surface area contributed by atoms with Crippen molar-refractivity contribution in [1.29, 1.82) is 0 Å². The molecule has 2 N–H and O–H groups in total. The Bertz CT molecular complexity index is 211. The van der Waals surface area contributed by atoms with Crippen LogP contribution in [0.25, 0.3) is 0 Å². The Labute approximate surface area is 61.2 Å². The molecule has 0 spiro atoms. The first-order valence-corrected chi connectivity index (χ1v) is 3.05. The normalized spacial score (nSPS) is 17.6. The van der Waals surface area contributed by atoms with Crippen molar-refractivity contribution < 1.29 is 11.6 Å². The molecule has 0 fully saturated rings. The van der Waals surface area contributed by atoms with E-state index in [1.807, 2.05) is 6.07 Å². The van der Waals surface area contributed by atoms with Gasteiger partial charge in [-0.2, -0.15) is 0 Å². The number of rotatable bonds is 2. The summed E-state index contributed by atoms with van der Waals surface area (Å²) < 4.78 is 6.83. The summed E-state index contributed by atoms with van der Waals surface area (Å²) >= 11 is 0. The van der Waals surface area contributed by atoms with Crippen molar-refractivity contribution >= 4 is 0 Å². The van der Waals surface area contributed by atoms with Gasteiger partial charge in [-0.15, -0.1) is 0 Å². The first-order valence-electron chi connectivity index (χ1n) is 3.63. The molecule has 1 rings (SSSR count). The quantitative estimate of drug-likeness (QED) is 0.633. The third-order valence-corrected chi connectivity index (χ3v) is 1.28. The predicted molar refractivity (Wildman–Crippen MR) is 38.5 cm³/mol. The lowest BCUT2D eigenvalue weighted by Gasteiger charge is -2.05. The van der Waals surface area contributed by atoms with Crippen LogP contribution in [0.5, 0.6) is 0 Å². The molecule has 0 aliphatic carbocycles. The van der Waals surface area contributed by atoms with Crippen molar-refractivity contribution in [2.45, 2.75) is 6.10 Å². The van der Waals surface area contributed by atoms with Crippen LogP contribution in [0.1, 0.15) is 13.0 Å². The van der Waals surface area contributed by atoms with Crippen LogP contribution in [0.2, 0.25) is 0 Å². The fraction of sp³-hybridized carbons (Fsp3) is 0.250. The van der Waals surface area contributed by atoms with Gasteiger partial charge in [0.05, 0.1) is 7.95 Å². The SMILES string of the molecule is [2H][C@H](O)[C@H](O)c1ccccc1. The van der Waals surface area contributed by atoms with Gasteiger partial charge in [-0.3, -0.25) is 0 Å². The second kappa shape index (κ2) is 3.34. The van der Waals surface area contributed by atoms with Gasteiger partial charge in [0.15, 0.2) is 0 Å². The summed E-state index contributed by atoms with van der Waals surface area (Å²) in [5.74, 6) is 0. The monoisotopic (exact) mass is 139 g/mol. The Balaban J connectivity index is 2.77. The molecule has 0 heterocycles. The molecule has 0 radical (unpaired) electrons. The van der Waals surface area contributed by atoms with Gasteiger partial charge < -0.3 is 10.2 Å². The Morgan fingerprint density at radius 1 is 1.40 bits per heavy atom. The van der Waals surface area contributed by atoms with Crippen molar-refractivity contribution in [2.24, 2.45) is 0 Å². The molecule has 54 valence electrons.